The SMILES string of the molecule is CC(C)(C(=O)NC1CCCCC1)c1ccccc1C1(N)CC1. The topological polar surface area (TPSA) is 55.1 Å². The Bertz CT molecular complexity index is 554. The molecule has 1 amide bonds. The summed E-state index contributed by atoms with van der Waals surface area (Å²) in [7, 11) is 0. The lowest BCUT2D eigenvalue weighted by molar-refractivity contribution is -0.126. The van der Waals surface area contributed by atoms with Crippen molar-refractivity contribution in [2.45, 2.75) is 75.8 Å². The fourth-order valence-electron chi connectivity index (χ4n) is 3.60. The summed E-state index contributed by atoms with van der Waals surface area (Å²) in [6.07, 6.45) is 8.03. The maximum atomic E-state index is 12.9. The van der Waals surface area contributed by atoms with E-state index in [1.807, 2.05) is 26.0 Å². The Hall–Kier alpha value is -1.35. The maximum absolute atomic E-state index is 12.9. The monoisotopic (exact) mass is 300 g/mol. The second kappa shape index (κ2) is 5.69. The molecule has 120 valence electrons. The number of hydrogen-bond donors (Lipinski definition) is 2. The second-order valence-corrected chi connectivity index (χ2v) is 7.64. The second-order valence-electron chi connectivity index (χ2n) is 7.64. The normalized spacial score (nSPS) is 21.4. The smallest absolute Gasteiger partial charge is 0.230 e. The summed E-state index contributed by atoms with van der Waals surface area (Å²) in [4.78, 5) is 12.9. The number of nitrogens with two attached hydrogens (primary N) is 1. The van der Waals surface area contributed by atoms with Crippen molar-refractivity contribution in [3.63, 3.8) is 0 Å². The minimum atomic E-state index is -0.539. The van der Waals surface area contributed by atoms with Gasteiger partial charge >= 0.3 is 0 Å². The van der Waals surface area contributed by atoms with E-state index in [-0.39, 0.29) is 11.4 Å². The van der Waals surface area contributed by atoms with Gasteiger partial charge in [0.25, 0.3) is 0 Å². The molecule has 3 heteroatoms. The molecule has 0 saturated heterocycles. The minimum absolute atomic E-state index is 0.135. The minimum Gasteiger partial charge on any atom is -0.353 e. The number of hydrogen-bond acceptors (Lipinski definition) is 2. The van der Waals surface area contributed by atoms with E-state index in [4.69, 9.17) is 5.73 Å². The molecule has 3 N–H and O–H groups in total. The Morgan fingerprint density at radius 2 is 1.82 bits per heavy atom. The van der Waals surface area contributed by atoms with Gasteiger partial charge in [-0.3, -0.25) is 4.79 Å². The van der Waals surface area contributed by atoms with Crippen LogP contribution >= 0.6 is 0 Å². The predicted octanol–water partition coefficient (Wildman–Crippen LogP) is 3.36. The van der Waals surface area contributed by atoms with E-state index < -0.39 is 5.41 Å². The lowest BCUT2D eigenvalue weighted by atomic mass is 9.78. The van der Waals surface area contributed by atoms with E-state index in [0.29, 0.717) is 6.04 Å². The third kappa shape index (κ3) is 2.91. The number of nitrogens with one attached hydrogen (secondary N) is 1. The molecular weight excluding hydrogens is 272 g/mol. The molecule has 0 heterocycles. The molecule has 0 spiro atoms. The highest BCUT2D eigenvalue weighted by Crippen LogP contribution is 2.46. The van der Waals surface area contributed by atoms with Crippen LogP contribution in [-0.2, 0) is 15.7 Å². The van der Waals surface area contributed by atoms with E-state index in [9.17, 15) is 4.79 Å². The summed E-state index contributed by atoms with van der Waals surface area (Å²) >= 11 is 0. The molecule has 0 unspecified atom stereocenters. The molecule has 0 bridgehead atoms. The van der Waals surface area contributed by atoms with E-state index in [0.717, 1.165) is 36.8 Å². The summed E-state index contributed by atoms with van der Waals surface area (Å²) in [5.74, 6) is 0.135. The van der Waals surface area contributed by atoms with Gasteiger partial charge in [0.2, 0.25) is 5.91 Å². The summed E-state index contributed by atoms with van der Waals surface area (Å²) in [6.45, 7) is 4.05. The van der Waals surface area contributed by atoms with Gasteiger partial charge in [0, 0.05) is 11.6 Å². The van der Waals surface area contributed by atoms with Crippen molar-refractivity contribution in [1.29, 1.82) is 0 Å². The molecule has 22 heavy (non-hydrogen) atoms. The average Bonchev–Trinajstić information content (AvgIpc) is 3.27. The van der Waals surface area contributed by atoms with Gasteiger partial charge in [-0.25, -0.2) is 0 Å². The fraction of sp³-hybridized carbons (Fsp3) is 0.632. The van der Waals surface area contributed by atoms with Crippen molar-refractivity contribution in [2.24, 2.45) is 5.73 Å². The van der Waals surface area contributed by atoms with Crippen LogP contribution < -0.4 is 11.1 Å². The molecule has 0 aromatic heterocycles. The largest absolute Gasteiger partial charge is 0.353 e. The first-order valence-corrected chi connectivity index (χ1v) is 8.63. The zero-order valence-electron chi connectivity index (χ0n) is 13.8. The van der Waals surface area contributed by atoms with E-state index in [2.05, 4.69) is 17.4 Å². The lowest BCUT2D eigenvalue weighted by Gasteiger charge is -2.32. The third-order valence-corrected chi connectivity index (χ3v) is 5.43. The lowest BCUT2D eigenvalue weighted by Crippen LogP contribution is -2.46. The Kier molecular flexibility index (Phi) is 4.02. The first kappa shape index (κ1) is 15.5. The van der Waals surface area contributed by atoms with Crippen LogP contribution in [0.15, 0.2) is 24.3 Å². The van der Waals surface area contributed by atoms with Gasteiger partial charge in [-0.05, 0) is 50.7 Å². The average molecular weight is 300 g/mol. The van der Waals surface area contributed by atoms with Crippen LogP contribution in [0, 0.1) is 0 Å². The molecule has 0 radical (unpaired) electrons. The molecule has 3 rings (SSSR count). The molecule has 1 aromatic carbocycles. The van der Waals surface area contributed by atoms with Crippen LogP contribution in [0.4, 0.5) is 0 Å². The number of rotatable bonds is 4. The summed E-state index contributed by atoms with van der Waals surface area (Å²) in [5.41, 5.74) is 7.91. The number of benzene rings is 1. The van der Waals surface area contributed by atoms with Crippen molar-refractivity contribution in [1.82, 2.24) is 5.32 Å². The number of amides is 1. The highest BCUT2D eigenvalue weighted by Gasteiger charge is 2.44. The molecule has 3 nitrogen and oxygen atoms in total. The molecule has 2 fully saturated rings. The van der Waals surface area contributed by atoms with Gasteiger partial charge in [0.1, 0.15) is 0 Å². The molecular formula is C19H28N2O. The van der Waals surface area contributed by atoms with Crippen molar-refractivity contribution in [3.05, 3.63) is 35.4 Å². The number of carbonyl (C=O) groups is 1. The van der Waals surface area contributed by atoms with Crippen molar-refractivity contribution in [2.75, 3.05) is 0 Å². The van der Waals surface area contributed by atoms with E-state index in [1.54, 1.807) is 0 Å². The van der Waals surface area contributed by atoms with Crippen molar-refractivity contribution < 1.29 is 4.79 Å². The Labute approximate surface area is 133 Å². The Morgan fingerprint density at radius 1 is 1.18 bits per heavy atom. The van der Waals surface area contributed by atoms with Crippen LogP contribution in [0.3, 0.4) is 0 Å². The van der Waals surface area contributed by atoms with Gasteiger partial charge in [0.05, 0.1) is 5.41 Å². The zero-order chi connectivity index (χ0) is 15.8. The molecule has 2 saturated carbocycles. The Morgan fingerprint density at radius 3 is 2.45 bits per heavy atom. The van der Waals surface area contributed by atoms with Crippen molar-refractivity contribution in [3.8, 4) is 0 Å². The van der Waals surface area contributed by atoms with Gasteiger partial charge in [-0.2, -0.15) is 0 Å². The van der Waals surface area contributed by atoms with Crippen LogP contribution in [-0.4, -0.2) is 11.9 Å². The molecule has 0 atom stereocenters. The number of carbonyl (C=O) groups excluding carboxylic acids is 1. The maximum Gasteiger partial charge on any atom is 0.230 e. The highest BCUT2D eigenvalue weighted by molar-refractivity contribution is 5.88. The van der Waals surface area contributed by atoms with Gasteiger partial charge in [-0.15, -0.1) is 0 Å². The standard InChI is InChI=1S/C19H28N2O/c1-18(2,17(22)21-14-8-4-3-5-9-14)15-10-6-7-11-16(15)19(20)12-13-19/h6-7,10-11,14H,3-5,8-9,12-13,20H2,1-2H3,(H,21,22). The Balaban J connectivity index is 1.81. The highest BCUT2D eigenvalue weighted by atomic mass is 16.2. The quantitative estimate of drug-likeness (QED) is 0.896. The van der Waals surface area contributed by atoms with Crippen LogP contribution in [0.25, 0.3) is 0 Å². The summed E-state index contributed by atoms with van der Waals surface area (Å²) in [5, 5.41) is 3.28. The van der Waals surface area contributed by atoms with Crippen LogP contribution in [0.2, 0.25) is 0 Å². The molecule has 0 aliphatic heterocycles. The van der Waals surface area contributed by atoms with Gasteiger partial charge < -0.3 is 11.1 Å². The zero-order valence-corrected chi connectivity index (χ0v) is 13.8. The third-order valence-electron chi connectivity index (χ3n) is 5.43. The first-order chi connectivity index (χ1) is 10.4. The van der Waals surface area contributed by atoms with E-state index in [1.165, 1.54) is 19.3 Å². The van der Waals surface area contributed by atoms with E-state index >= 15 is 0 Å². The first-order valence-electron chi connectivity index (χ1n) is 8.63. The molecule has 2 aliphatic rings. The summed E-state index contributed by atoms with van der Waals surface area (Å²) < 4.78 is 0. The predicted molar refractivity (Wildman–Crippen MR) is 89.6 cm³/mol. The fourth-order valence-corrected chi connectivity index (χ4v) is 3.60. The summed E-state index contributed by atoms with van der Waals surface area (Å²) in [6, 6.07) is 8.56. The van der Waals surface area contributed by atoms with Gasteiger partial charge in [-0.1, -0.05) is 43.5 Å². The van der Waals surface area contributed by atoms with Crippen molar-refractivity contribution >= 4 is 5.91 Å². The molecule has 2 aliphatic carbocycles. The van der Waals surface area contributed by atoms with Crippen LogP contribution in [0.1, 0.15) is 69.9 Å². The van der Waals surface area contributed by atoms with Crippen LogP contribution in [0.5, 0.6) is 0 Å². The van der Waals surface area contributed by atoms with Gasteiger partial charge in [0.15, 0.2) is 0 Å². The molecule has 1 aromatic rings.